The second-order valence-corrected chi connectivity index (χ2v) is 7.04. The molecule has 2 rings (SSSR count). The zero-order valence-corrected chi connectivity index (χ0v) is 11.2. The van der Waals surface area contributed by atoms with Crippen LogP contribution in [0, 0.1) is 0 Å². The van der Waals surface area contributed by atoms with Crippen molar-refractivity contribution < 1.29 is 13.2 Å². The van der Waals surface area contributed by atoms with Crippen molar-refractivity contribution in [3.63, 3.8) is 0 Å². The van der Waals surface area contributed by atoms with Gasteiger partial charge in [0.15, 0.2) is 9.84 Å². The first kappa shape index (κ1) is 13.3. The van der Waals surface area contributed by atoms with E-state index >= 15 is 0 Å². The Morgan fingerprint density at radius 2 is 2.33 bits per heavy atom. The molecule has 0 saturated carbocycles. The van der Waals surface area contributed by atoms with Crippen molar-refractivity contribution in [3.05, 3.63) is 29.0 Å². The molecule has 0 radical (unpaired) electrons. The lowest BCUT2D eigenvalue weighted by atomic mass is 10.2. The van der Waals surface area contributed by atoms with E-state index in [0.717, 1.165) is 0 Å². The summed E-state index contributed by atoms with van der Waals surface area (Å²) in [6.07, 6.45) is 2.70. The maximum absolute atomic E-state index is 11.7. The summed E-state index contributed by atoms with van der Waals surface area (Å²) in [5, 5.41) is 2.53. The number of pyridine rings is 1. The summed E-state index contributed by atoms with van der Waals surface area (Å²) >= 11 is 5.75. The standard InChI is InChI=1S/C11H13ClN2O3S/c12-8-3-4-13-10(6-8)11(15)14-7-9-2-1-5-18(9,16)17/h3-4,6,9H,1-2,5,7H2,(H,14,15)/t9-/m1/s1. The van der Waals surface area contributed by atoms with E-state index in [1.54, 1.807) is 6.07 Å². The van der Waals surface area contributed by atoms with Crippen molar-refractivity contribution in [1.82, 2.24) is 10.3 Å². The summed E-state index contributed by atoms with van der Waals surface area (Å²) in [5.74, 6) is -0.192. The van der Waals surface area contributed by atoms with Crippen LogP contribution in [0.4, 0.5) is 0 Å². The van der Waals surface area contributed by atoms with Gasteiger partial charge in [0.2, 0.25) is 0 Å². The Morgan fingerprint density at radius 3 is 2.94 bits per heavy atom. The molecule has 18 heavy (non-hydrogen) atoms. The van der Waals surface area contributed by atoms with Crippen LogP contribution in [-0.4, -0.2) is 36.9 Å². The number of rotatable bonds is 3. The van der Waals surface area contributed by atoms with Crippen molar-refractivity contribution in [2.75, 3.05) is 12.3 Å². The molecule has 1 fully saturated rings. The van der Waals surface area contributed by atoms with Gasteiger partial charge in [-0.25, -0.2) is 8.42 Å². The molecule has 0 bridgehead atoms. The van der Waals surface area contributed by atoms with Crippen molar-refractivity contribution in [2.45, 2.75) is 18.1 Å². The third-order valence-corrected chi connectivity index (χ3v) is 5.42. The van der Waals surface area contributed by atoms with E-state index in [1.807, 2.05) is 0 Å². The molecule has 1 atom stereocenters. The Balaban J connectivity index is 1.97. The molecule has 0 unspecified atom stereocenters. The topological polar surface area (TPSA) is 76.1 Å². The quantitative estimate of drug-likeness (QED) is 0.902. The monoisotopic (exact) mass is 288 g/mol. The molecule has 1 amide bonds. The molecule has 7 heteroatoms. The fraction of sp³-hybridized carbons (Fsp3) is 0.455. The number of nitrogens with one attached hydrogen (secondary N) is 1. The number of hydrogen-bond acceptors (Lipinski definition) is 4. The van der Waals surface area contributed by atoms with Gasteiger partial charge in [-0.05, 0) is 25.0 Å². The molecule has 2 heterocycles. The number of sulfone groups is 1. The van der Waals surface area contributed by atoms with E-state index in [9.17, 15) is 13.2 Å². The minimum Gasteiger partial charge on any atom is -0.349 e. The van der Waals surface area contributed by atoms with Gasteiger partial charge in [-0.15, -0.1) is 0 Å². The predicted molar refractivity (Wildman–Crippen MR) is 68.4 cm³/mol. The molecule has 0 spiro atoms. The molecule has 98 valence electrons. The van der Waals surface area contributed by atoms with Gasteiger partial charge in [0.25, 0.3) is 5.91 Å². The first-order chi connectivity index (χ1) is 8.49. The summed E-state index contributed by atoms with van der Waals surface area (Å²) in [6.45, 7) is 0.134. The summed E-state index contributed by atoms with van der Waals surface area (Å²) < 4.78 is 23.2. The van der Waals surface area contributed by atoms with Crippen LogP contribution in [-0.2, 0) is 9.84 Å². The Hall–Kier alpha value is -1.14. The number of nitrogens with zero attached hydrogens (tertiary/aromatic N) is 1. The lowest BCUT2D eigenvalue weighted by Gasteiger charge is -2.10. The average Bonchev–Trinajstić information content (AvgIpc) is 2.65. The van der Waals surface area contributed by atoms with Crippen LogP contribution < -0.4 is 5.32 Å². The van der Waals surface area contributed by atoms with Crippen LogP contribution in [0.3, 0.4) is 0 Å². The van der Waals surface area contributed by atoms with E-state index in [2.05, 4.69) is 10.3 Å². The van der Waals surface area contributed by atoms with Gasteiger partial charge in [-0.3, -0.25) is 9.78 Å². The van der Waals surface area contributed by atoms with Crippen molar-refractivity contribution in [3.8, 4) is 0 Å². The highest BCUT2D eigenvalue weighted by Gasteiger charge is 2.31. The SMILES string of the molecule is O=C(NC[C@H]1CCCS1(=O)=O)c1cc(Cl)ccn1. The van der Waals surface area contributed by atoms with Gasteiger partial charge in [0, 0.05) is 17.8 Å². The predicted octanol–water partition coefficient (Wildman–Crippen LogP) is 1.04. The van der Waals surface area contributed by atoms with Crippen molar-refractivity contribution >= 4 is 27.3 Å². The summed E-state index contributed by atoms with van der Waals surface area (Å²) in [4.78, 5) is 15.6. The fourth-order valence-corrected chi connectivity index (χ4v) is 3.84. The molecular formula is C11H13ClN2O3S. The second-order valence-electron chi connectivity index (χ2n) is 4.20. The number of halogens is 1. The molecule has 5 nitrogen and oxygen atoms in total. The minimum atomic E-state index is -3.03. The summed E-state index contributed by atoms with van der Waals surface area (Å²) in [7, 11) is -3.03. The molecule has 1 saturated heterocycles. The number of carbonyl (C=O) groups is 1. The van der Waals surface area contributed by atoms with Gasteiger partial charge in [0.1, 0.15) is 5.69 Å². The van der Waals surface area contributed by atoms with E-state index in [1.165, 1.54) is 12.3 Å². The van der Waals surface area contributed by atoms with Gasteiger partial charge in [-0.1, -0.05) is 11.6 Å². The van der Waals surface area contributed by atoms with Crippen LogP contribution in [0.1, 0.15) is 23.3 Å². The van der Waals surface area contributed by atoms with Crippen LogP contribution in [0.2, 0.25) is 5.02 Å². The normalized spacial score (nSPS) is 21.7. The molecule has 1 aromatic rings. The Bertz CT molecular complexity index is 559. The molecular weight excluding hydrogens is 276 g/mol. The second kappa shape index (κ2) is 5.24. The third kappa shape index (κ3) is 3.00. The molecule has 0 aliphatic carbocycles. The smallest absolute Gasteiger partial charge is 0.269 e. The lowest BCUT2D eigenvalue weighted by Crippen LogP contribution is -2.34. The van der Waals surface area contributed by atoms with Crippen LogP contribution in [0.5, 0.6) is 0 Å². The highest BCUT2D eigenvalue weighted by Crippen LogP contribution is 2.19. The largest absolute Gasteiger partial charge is 0.349 e. The molecule has 1 aliphatic heterocycles. The van der Waals surface area contributed by atoms with Gasteiger partial charge >= 0.3 is 0 Å². The fourth-order valence-electron chi connectivity index (χ4n) is 1.91. The zero-order valence-electron chi connectivity index (χ0n) is 9.60. The van der Waals surface area contributed by atoms with E-state index < -0.39 is 21.0 Å². The van der Waals surface area contributed by atoms with Gasteiger partial charge < -0.3 is 5.32 Å². The van der Waals surface area contributed by atoms with E-state index in [-0.39, 0.29) is 18.0 Å². The Kier molecular flexibility index (Phi) is 3.87. The number of hydrogen-bond donors (Lipinski definition) is 1. The molecule has 1 aromatic heterocycles. The molecule has 1 N–H and O–H groups in total. The summed E-state index contributed by atoms with van der Waals surface area (Å²) in [5.41, 5.74) is 0.192. The maximum atomic E-state index is 11.7. The van der Waals surface area contributed by atoms with Gasteiger partial charge in [0.05, 0.1) is 11.0 Å². The van der Waals surface area contributed by atoms with E-state index in [4.69, 9.17) is 11.6 Å². The first-order valence-corrected chi connectivity index (χ1v) is 7.70. The summed E-state index contributed by atoms with van der Waals surface area (Å²) in [6, 6.07) is 3.01. The zero-order chi connectivity index (χ0) is 13.2. The number of carbonyl (C=O) groups excluding carboxylic acids is 1. The Labute approximate surface area is 110 Å². The Morgan fingerprint density at radius 1 is 1.56 bits per heavy atom. The first-order valence-electron chi connectivity index (χ1n) is 5.60. The van der Waals surface area contributed by atoms with Crippen LogP contribution in [0.25, 0.3) is 0 Å². The average molecular weight is 289 g/mol. The highest BCUT2D eigenvalue weighted by molar-refractivity contribution is 7.92. The molecule has 1 aliphatic rings. The molecule has 0 aromatic carbocycles. The van der Waals surface area contributed by atoms with Crippen LogP contribution >= 0.6 is 11.6 Å². The lowest BCUT2D eigenvalue weighted by molar-refractivity contribution is 0.0948. The van der Waals surface area contributed by atoms with Crippen molar-refractivity contribution in [2.24, 2.45) is 0 Å². The maximum Gasteiger partial charge on any atom is 0.269 e. The van der Waals surface area contributed by atoms with E-state index in [0.29, 0.717) is 17.9 Å². The third-order valence-electron chi connectivity index (χ3n) is 2.91. The number of aromatic nitrogens is 1. The minimum absolute atomic E-state index is 0.134. The van der Waals surface area contributed by atoms with Crippen LogP contribution in [0.15, 0.2) is 18.3 Å². The highest BCUT2D eigenvalue weighted by atomic mass is 35.5. The number of amides is 1. The van der Waals surface area contributed by atoms with Crippen molar-refractivity contribution in [1.29, 1.82) is 0 Å². The van der Waals surface area contributed by atoms with Gasteiger partial charge in [-0.2, -0.15) is 0 Å².